The SMILES string of the molecule is C#CC(C)C1CN(C)C1. The molecule has 1 fully saturated rings. The fraction of sp³-hybridized carbons (Fsp3) is 0.750. The molecule has 0 amide bonds. The summed E-state index contributed by atoms with van der Waals surface area (Å²) in [6, 6.07) is 0. The second-order valence-corrected chi connectivity index (χ2v) is 2.94. The van der Waals surface area contributed by atoms with Gasteiger partial charge in [0, 0.05) is 19.0 Å². The lowest BCUT2D eigenvalue weighted by Gasteiger charge is -2.38. The molecule has 1 aliphatic rings. The summed E-state index contributed by atoms with van der Waals surface area (Å²) in [4.78, 5) is 2.29. The summed E-state index contributed by atoms with van der Waals surface area (Å²) in [5.41, 5.74) is 0. The van der Waals surface area contributed by atoms with Crippen LogP contribution in [0, 0.1) is 24.2 Å². The minimum atomic E-state index is 0.473. The minimum absolute atomic E-state index is 0.473. The number of terminal acetylenes is 1. The second kappa shape index (κ2) is 2.41. The van der Waals surface area contributed by atoms with Gasteiger partial charge in [-0.05, 0) is 13.0 Å². The molecule has 1 unspecified atom stereocenters. The molecule has 0 radical (unpaired) electrons. The van der Waals surface area contributed by atoms with Crippen LogP contribution in [0.5, 0.6) is 0 Å². The van der Waals surface area contributed by atoms with Crippen molar-refractivity contribution in [2.75, 3.05) is 20.1 Å². The Kier molecular flexibility index (Phi) is 1.78. The van der Waals surface area contributed by atoms with Crippen molar-refractivity contribution in [2.45, 2.75) is 6.92 Å². The molecule has 1 heteroatoms. The third kappa shape index (κ3) is 1.25. The Balaban J connectivity index is 2.25. The van der Waals surface area contributed by atoms with E-state index in [0.29, 0.717) is 5.92 Å². The van der Waals surface area contributed by atoms with E-state index < -0.39 is 0 Å². The molecule has 50 valence electrons. The summed E-state index contributed by atoms with van der Waals surface area (Å²) in [5, 5.41) is 0. The van der Waals surface area contributed by atoms with Crippen molar-refractivity contribution in [1.82, 2.24) is 4.90 Å². The third-order valence-corrected chi connectivity index (χ3v) is 2.06. The van der Waals surface area contributed by atoms with Gasteiger partial charge in [-0.15, -0.1) is 12.3 Å². The van der Waals surface area contributed by atoms with E-state index >= 15 is 0 Å². The highest BCUT2D eigenvalue weighted by atomic mass is 15.2. The van der Waals surface area contributed by atoms with Crippen LogP contribution in [0.4, 0.5) is 0 Å². The van der Waals surface area contributed by atoms with Gasteiger partial charge in [0.2, 0.25) is 0 Å². The van der Waals surface area contributed by atoms with Crippen LogP contribution in [0.25, 0.3) is 0 Å². The maximum absolute atomic E-state index is 5.26. The Labute approximate surface area is 57.0 Å². The first-order valence-corrected chi connectivity index (χ1v) is 3.38. The van der Waals surface area contributed by atoms with Crippen LogP contribution < -0.4 is 0 Å². The van der Waals surface area contributed by atoms with Crippen LogP contribution in [0.15, 0.2) is 0 Å². The Morgan fingerprint density at radius 1 is 1.67 bits per heavy atom. The zero-order valence-corrected chi connectivity index (χ0v) is 6.09. The third-order valence-electron chi connectivity index (χ3n) is 2.06. The van der Waals surface area contributed by atoms with Crippen LogP contribution in [-0.4, -0.2) is 25.0 Å². The van der Waals surface area contributed by atoms with Crippen molar-refractivity contribution in [2.24, 2.45) is 11.8 Å². The molecule has 1 saturated heterocycles. The summed E-state index contributed by atoms with van der Waals surface area (Å²) in [6.07, 6.45) is 5.26. The van der Waals surface area contributed by atoms with E-state index in [2.05, 4.69) is 24.8 Å². The fourth-order valence-corrected chi connectivity index (χ4v) is 1.20. The van der Waals surface area contributed by atoms with Crippen molar-refractivity contribution >= 4 is 0 Å². The number of nitrogens with zero attached hydrogens (tertiary/aromatic N) is 1. The molecule has 0 aliphatic carbocycles. The Morgan fingerprint density at radius 3 is 2.56 bits per heavy atom. The molecule has 0 aromatic heterocycles. The Morgan fingerprint density at radius 2 is 2.22 bits per heavy atom. The fourth-order valence-electron chi connectivity index (χ4n) is 1.20. The largest absolute Gasteiger partial charge is 0.306 e. The normalized spacial score (nSPS) is 24.6. The predicted octanol–water partition coefficient (Wildman–Crippen LogP) is 0.817. The predicted molar refractivity (Wildman–Crippen MR) is 39.0 cm³/mol. The van der Waals surface area contributed by atoms with Crippen LogP contribution >= 0.6 is 0 Å². The highest BCUT2D eigenvalue weighted by Gasteiger charge is 2.26. The quantitative estimate of drug-likeness (QED) is 0.466. The van der Waals surface area contributed by atoms with E-state index in [1.165, 1.54) is 13.1 Å². The summed E-state index contributed by atoms with van der Waals surface area (Å²) in [5.74, 6) is 4.00. The first-order chi connectivity index (χ1) is 4.24. The number of hydrogen-bond donors (Lipinski definition) is 0. The molecular weight excluding hydrogens is 110 g/mol. The van der Waals surface area contributed by atoms with Crippen molar-refractivity contribution in [3.05, 3.63) is 0 Å². The molecule has 1 rings (SSSR count). The molecular formula is C8H13N. The number of rotatable bonds is 1. The average Bonchev–Trinajstić information content (AvgIpc) is 1.79. The van der Waals surface area contributed by atoms with Gasteiger partial charge in [0.1, 0.15) is 0 Å². The van der Waals surface area contributed by atoms with E-state index in [-0.39, 0.29) is 0 Å². The molecule has 1 heterocycles. The second-order valence-electron chi connectivity index (χ2n) is 2.94. The topological polar surface area (TPSA) is 3.24 Å². The van der Waals surface area contributed by atoms with E-state index in [9.17, 15) is 0 Å². The van der Waals surface area contributed by atoms with Crippen LogP contribution in [0.2, 0.25) is 0 Å². The van der Waals surface area contributed by atoms with Gasteiger partial charge in [-0.25, -0.2) is 0 Å². The molecule has 0 bridgehead atoms. The van der Waals surface area contributed by atoms with Gasteiger partial charge < -0.3 is 4.90 Å². The molecule has 0 saturated carbocycles. The molecule has 0 N–H and O–H groups in total. The van der Waals surface area contributed by atoms with Crippen LogP contribution in [-0.2, 0) is 0 Å². The van der Waals surface area contributed by atoms with Gasteiger partial charge in [0.05, 0.1) is 0 Å². The van der Waals surface area contributed by atoms with E-state index in [1.807, 2.05) is 0 Å². The van der Waals surface area contributed by atoms with E-state index in [0.717, 1.165) is 5.92 Å². The number of hydrogen-bond acceptors (Lipinski definition) is 1. The Hall–Kier alpha value is -0.480. The van der Waals surface area contributed by atoms with Gasteiger partial charge in [0.15, 0.2) is 0 Å². The highest BCUT2D eigenvalue weighted by molar-refractivity contribution is 4.98. The molecule has 9 heavy (non-hydrogen) atoms. The van der Waals surface area contributed by atoms with E-state index in [1.54, 1.807) is 0 Å². The molecule has 0 aromatic rings. The summed E-state index contributed by atoms with van der Waals surface area (Å²) in [7, 11) is 2.12. The van der Waals surface area contributed by atoms with Gasteiger partial charge in [-0.3, -0.25) is 0 Å². The lowest BCUT2D eigenvalue weighted by molar-refractivity contribution is 0.109. The van der Waals surface area contributed by atoms with Crippen LogP contribution in [0.3, 0.4) is 0 Å². The maximum Gasteiger partial charge on any atom is 0.0224 e. The molecule has 1 atom stereocenters. The van der Waals surface area contributed by atoms with Gasteiger partial charge >= 0.3 is 0 Å². The molecule has 1 nitrogen and oxygen atoms in total. The van der Waals surface area contributed by atoms with Crippen molar-refractivity contribution in [3.63, 3.8) is 0 Å². The van der Waals surface area contributed by atoms with Crippen molar-refractivity contribution < 1.29 is 0 Å². The first kappa shape index (κ1) is 6.64. The zero-order valence-electron chi connectivity index (χ0n) is 6.09. The molecule has 0 spiro atoms. The number of likely N-dealkylation sites (tertiary alicyclic amines) is 1. The minimum Gasteiger partial charge on any atom is -0.306 e. The average molecular weight is 123 g/mol. The molecule has 0 aromatic carbocycles. The summed E-state index contributed by atoms with van der Waals surface area (Å²) in [6.45, 7) is 4.49. The standard InChI is InChI=1S/C8H13N/c1-4-7(2)8-5-9(3)6-8/h1,7-8H,5-6H2,2-3H3. The van der Waals surface area contributed by atoms with Crippen LogP contribution in [0.1, 0.15) is 6.92 Å². The molecule has 1 aliphatic heterocycles. The van der Waals surface area contributed by atoms with Crippen molar-refractivity contribution in [3.8, 4) is 12.3 Å². The van der Waals surface area contributed by atoms with Crippen molar-refractivity contribution in [1.29, 1.82) is 0 Å². The highest BCUT2D eigenvalue weighted by Crippen LogP contribution is 2.20. The van der Waals surface area contributed by atoms with E-state index in [4.69, 9.17) is 6.42 Å². The van der Waals surface area contributed by atoms with Gasteiger partial charge in [-0.2, -0.15) is 0 Å². The lowest BCUT2D eigenvalue weighted by Crippen LogP contribution is -2.46. The summed E-state index contributed by atoms with van der Waals surface area (Å²) >= 11 is 0. The van der Waals surface area contributed by atoms with Gasteiger partial charge in [0.25, 0.3) is 0 Å². The smallest absolute Gasteiger partial charge is 0.0224 e. The lowest BCUT2D eigenvalue weighted by atomic mass is 9.88. The first-order valence-electron chi connectivity index (χ1n) is 3.38. The zero-order chi connectivity index (χ0) is 6.85. The summed E-state index contributed by atoms with van der Waals surface area (Å²) < 4.78 is 0. The Bertz CT molecular complexity index is 128. The maximum atomic E-state index is 5.26. The monoisotopic (exact) mass is 123 g/mol. The van der Waals surface area contributed by atoms with Gasteiger partial charge in [-0.1, -0.05) is 6.92 Å².